The fourth-order valence-electron chi connectivity index (χ4n) is 2.64. The molecular formula is C22H20N2O3S. The number of hydrogen-bond acceptors (Lipinski definition) is 3. The van der Waals surface area contributed by atoms with Crippen LogP contribution in [0.4, 0.5) is 16.2 Å². The maximum atomic E-state index is 12.9. The van der Waals surface area contributed by atoms with Gasteiger partial charge in [-0.1, -0.05) is 66.7 Å². The third kappa shape index (κ3) is 4.66. The van der Waals surface area contributed by atoms with E-state index in [0.29, 0.717) is 11.4 Å². The summed E-state index contributed by atoms with van der Waals surface area (Å²) < 4.78 is 27.5. The number of hydrogen-bond donors (Lipinski definition) is 1. The topological polar surface area (TPSA) is 66.5 Å². The van der Waals surface area contributed by atoms with Gasteiger partial charge in [-0.25, -0.2) is 17.9 Å². The molecule has 0 saturated heterocycles. The summed E-state index contributed by atoms with van der Waals surface area (Å²) in [5.41, 5.74) is 1.86. The molecule has 2 amide bonds. The van der Waals surface area contributed by atoms with Gasteiger partial charge in [0.2, 0.25) is 0 Å². The molecule has 5 nitrogen and oxygen atoms in total. The highest BCUT2D eigenvalue weighted by Gasteiger charge is 2.24. The zero-order valence-corrected chi connectivity index (χ0v) is 16.1. The summed E-state index contributed by atoms with van der Waals surface area (Å²) in [5.74, 6) is 0. The van der Waals surface area contributed by atoms with E-state index >= 15 is 0 Å². The van der Waals surface area contributed by atoms with Crippen LogP contribution in [0.5, 0.6) is 0 Å². The normalized spacial score (nSPS) is 11.7. The van der Waals surface area contributed by atoms with Crippen molar-refractivity contribution in [3.63, 3.8) is 0 Å². The van der Waals surface area contributed by atoms with Crippen molar-refractivity contribution in [2.45, 2.75) is 6.92 Å². The molecule has 0 saturated carbocycles. The van der Waals surface area contributed by atoms with Gasteiger partial charge in [-0.3, -0.25) is 4.90 Å². The lowest BCUT2D eigenvalue weighted by atomic mass is 10.2. The second-order valence-corrected chi connectivity index (χ2v) is 7.94. The summed E-state index contributed by atoms with van der Waals surface area (Å²) >= 11 is 0. The number of carbonyl (C=O) groups excluding carboxylic acids is 1. The van der Waals surface area contributed by atoms with Crippen LogP contribution in [-0.2, 0) is 10.0 Å². The fraction of sp³-hybridized carbons (Fsp3) is 0.0455. The first-order valence-corrected chi connectivity index (χ1v) is 10.2. The van der Waals surface area contributed by atoms with Crippen LogP contribution in [0.15, 0.2) is 95.9 Å². The van der Waals surface area contributed by atoms with Gasteiger partial charge in [0.05, 0.1) is 16.3 Å². The van der Waals surface area contributed by atoms with Crippen LogP contribution in [0.3, 0.4) is 0 Å². The first kappa shape index (κ1) is 19.4. The lowest BCUT2D eigenvalue weighted by molar-refractivity contribution is 0.253. The highest BCUT2D eigenvalue weighted by molar-refractivity contribution is 7.94. The highest BCUT2D eigenvalue weighted by atomic mass is 32.2. The van der Waals surface area contributed by atoms with Gasteiger partial charge in [-0.05, 0) is 42.8 Å². The van der Waals surface area contributed by atoms with Crippen molar-refractivity contribution in [3.8, 4) is 0 Å². The smallest absolute Gasteiger partial charge is 0.262 e. The Balaban J connectivity index is 1.90. The lowest BCUT2D eigenvalue weighted by Crippen LogP contribution is -2.40. The number of carbonyl (C=O) groups is 1. The summed E-state index contributed by atoms with van der Waals surface area (Å²) in [5, 5.41) is 0. The predicted octanol–water partition coefficient (Wildman–Crippen LogP) is 4.93. The summed E-state index contributed by atoms with van der Waals surface area (Å²) in [6.07, 6.45) is 1.52. The van der Waals surface area contributed by atoms with E-state index in [1.165, 1.54) is 17.9 Å². The number of sulfonamides is 1. The van der Waals surface area contributed by atoms with Crippen LogP contribution >= 0.6 is 0 Å². The monoisotopic (exact) mass is 392 g/mol. The molecule has 28 heavy (non-hydrogen) atoms. The quantitative estimate of drug-likeness (QED) is 0.670. The second-order valence-electron chi connectivity index (χ2n) is 6.08. The van der Waals surface area contributed by atoms with Gasteiger partial charge in [0.15, 0.2) is 0 Å². The Morgan fingerprint density at radius 3 is 1.68 bits per heavy atom. The number of nitrogens with zero attached hydrogens (tertiary/aromatic N) is 1. The van der Waals surface area contributed by atoms with Crippen molar-refractivity contribution in [2.24, 2.45) is 0 Å². The number of anilines is 2. The maximum Gasteiger partial charge on any atom is 0.340 e. The molecule has 3 aromatic carbocycles. The zero-order valence-electron chi connectivity index (χ0n) is 15.3. The average molecular weight is 392 g/mol. The van der Waals surface area contributed by atoms with Crippen molar-refractivity contribution in [2.75, 3.05) is 4.90 Å². The number of rotatable bonds is 5. The fourth-order valence-corrected chi connectivity index (χ4v) is 3.41. The first-order valence-electron chi connectivity index (χ1n) is 8.68. The van der Waals surface area contributed by atoms with E-state index in [1.807, 2.05) is 30.3 Å². The molecule has 0 fully saturated rings. The van der Waals surface area contributed by atoms with Crippen LogP contribution in [0.1, 0.15) is 12.5 Å². The molecular weight excluding hydrogens is 372 g/mol. The van der Waals surface area contributed by atoms with E-state index in [-0.39, 0.29) is 4.91 Å². The third-order valence-electron chi connectivity index (χ3n) is 4.05. The van der Waals surface area contributed by atoms with Crippen molar-refractivity contribution < 1.29 is 13.2 Å². The molecule has 3 rings (SSSR count). The van der Waals surface area contributed by atoms with Crippen molar-refractivity contribution >= 4 is 33.5 Å². The first-order chi connectivity index (χ1) is 13.5. The highest BCUT2D eigenvalue weighted by Crippen LogP contribution is 2.25. The molecule has 0 bridgehead atoms. The van der Waals surface area contributed by atoms with E-state index in [2.05, 4.69) is 4.72 Å². The summed E-state index contributed by atoms with van der Waals surface area (Å²) in [4.78, 5) is 14.3. The van der Waals surface area contributed by atoms with E-state index in [9.17, 15) is 13.2 Å². The van der Waals surface area contributed by atoms with E-state index in [4.69, 9.17) is 0 Å². The van der Waals surface area contributed by atoms with E-state index in [1.54, 1.807) is 60.7 Å². The van der Waals surface area contributed by atoms with Gasteiger partial charge < -0.3 is 0 Å². The van der Waals surface area contributed by atoms with E-state index < -0.39 is 16.1 Å². The van der Waals surface area contributed by atoms with Crippen LogP contribution < -0.4 is 9.62 Å². The zero-order chi connectivity index (χ0) is 20.0. The van der Waals surface area contributed by atoms with Gasteiger partial charge in [-0.15, -0.1) is 0 Å². The second kappa shape index (κ2) is 8.54. The molecule has 1 N–H and O–H groups in total. The third-order valence-corrected chi connectivity index (χ3v) is 5.46. The van der Waals surface area contributed by atoms with Gasteiger partial charge in [0.25, 0.3) is 10.0 Å². The number of allylic oxidation sites excluding steroid dienone is 1. The van der Waals surface area contributed by atoms with Crippen LogP contribution in [0, 0.1) is 0 Å². The van der Waals surface area contributed by atoms with Gasteiger partial charge in [0.1, 0.15) is 0 Å². The Morgan fingerprint density at radius 2 is 1.21 bits per heavy atom. The molecule has 3 aromatic rings. The lowest BCUT2D eigenvalue weighted by Gasteiger charge is -2.23. The Kier molecular flexibility index (Phi) is 5.91. The Morgan fingerprint density at radius 1 is 0.786 bits per heavy atom. The average Bonchev–Trinajstić information content (AvgIpc) is 2.70. The SMILES string of the molecule is CC(=Cc1ccccc1)S(=O)(=O)NC(=O)N(c1ccccc1)c1ccccc1. The van der Waals surface area contributed by atoms with Crippen LogP contribution in [0.25, 0.3) is 6.08 Å². The number of urea groups is 1. The minimum absolute atomic E-state index is 0.0492. The minimum atomic E-state index is -4.00. The van der Waals surface area contributed by atoms with E-state index in [0.717, 1.165) is 5.56 Å². The summed E-state index contributed by atoms with van der Waals surface area (Å²) in [6, 6.07) is 26.1. The molecule has 142 valence electrons. The molecule has 0 atom stereocenters. The molecule has 0 aliphatic carbocycles. The molecule has 0 aliphatic heterocycles. The standard InChI is InChI=1S/C22H20N2O3S/c1-18(17-19-11-5-2-6-12-19)28(26,27)23-22(25)24(20-13-7-3-8-14-20)21-15-9-4-10-16-21/h2-17H,1H3,(H,23,25). The molecule has 0 aliphatic rings. The van der Waals surface area contributed by atoms with Crippen molar-refractivity contribution in [3.05, 3.63) is 101 Å². The number of nitrogens with one attached hydrogen (secondary N) is 1. The Hall–Kier alpha value is -3.38. The largest absolute Gasteiger partial charge is 0.340 e. The number of benzene rings is 3. The summed E-state index contributed by atoms with van der Waals surface area (Å²) in [6.45, 7) is 1.46. The Labute approximate surface area is 165 Å². The van der Waals surface area contributed by atoms with Crippen molar-refractivity contribution in [1.82, 2.24) is 4.72 Å². The molecule has 0 heterocycles. The van der Waals surface area contributed by atoms with Gasteiger partial charge in [-0.2, -0.15) is 0 Å². The maximum absolute atomic E-state index is 12.9. The van der Waals surface area contributed by atoms with Gasteiger partial charge >= 0.3 is 6.03 Å². The molecule has 0 unspecified atom stereocenters. The van der Waals surface area contributed by atoms with Gasteiger partial charge in [0, 0.05) is 0 Å². The molecule has 0 aromatic heterocycles. The Bertz CT molecular complexity index is 1030. The van der Waals surface area contributed by atoms with Crippen molar-refractivity contribution in [1.29, 1.82) is 0 Å². The predicted molar refractivity (Wildman–Crippen MR) is 113 cm³/mol. The molecule has 0 spiro atoms. The van der Waals surface area contributed by atoms with Crippen LogP contribution in [-0.4, -0.2) is 14.4 Å². The molecule has 6 heteroatoms. The number of para-hydroxylation sites is 2. The summed E-state index contributed by atoms with van der Waals surface area (Å²) in [7, 11) is -4.00. The number of amides is 2. The van der Waals surface area contributed by atoms with Crippen LogP contribution in [0.2, 0.25) is 0 Å². The minimum Gasteiger partial charge on any atom is -0.262 e. The molecule has 0 radical (unpaired) electrons.